The molecule has 0 atom stereocenters. The first-order valence-corrected chi connectivity index (χ1v) is 12.7. The largest absolute Gasteiger partial charge is 0.481 e. The number of hydrogen-bond acceptors (Lipinski definition) is 4. The number of nitrogens with zero attached hydrogens (tertiary/aromatic N) is 2. The number of amides is 2. The summed E-state index contributed by atoms with van der Waals surface area (Å²) in [5, 5.41) is 9.95. The standard InChI is InChI=1S/C26H26Cl2F3N3O4/c1-13-10-15(26(29,30)31)12-17-22(13)34(32-25(17,2)3)24(38)20-18(27)5-4-16(21(20)28)23(37)33-8-6-14(7-9-33)11-19(35)36/h4-5,10,12,14,32H,6-9,11H2,1-3H3,(H,35,36). The Kier molecular flexibility index (Phi) is 7.46. The molecule has 2 N–H and O–H groups in total. The maximum absolute atomic E-state index is 13.8. The van der Waals surface area contributed by atoms with E-state index in [2.05, 4.69) is 5.43 Å². The quantitative estimate of drug-likeness (QED) is 0.466. The van der Waals surface area contributed by atoms with Crippen molar-refractivity contribution in [2.24, 2.45) is 5.92 Å². The second-order valence-corrected chi connectivity index (χ2v) is 11.0. The van der Waals surface area contributed by atoms with Crippen LogP contribution >= 0.6 is 23.2 Å². The lowest BCUT2D eigenvalue weighted by Crippen LogP contribution is -2.46. The van der Waals surface area contributed by atoms with Gasteiger partial charge >= 0.3 is 12.1 Å². The number of aliphatic carboxylic acids is 1. The molecule has 2 heterocycles. The second-order valence-electron chi connectivity index (χ2n) is 10.2. The van der Waals surface area contributed by atoms with Gasteiger partial charge in [0.25, 0.3) is 11.8 Å². The average molecular weight is 572 g/mol. The lowest BCUT2D eigenvalue weighted by molar-refractivity contribution is -0.139. The zero-order valence-corrected chi connectivity index (χ0v) is 22.4. The van der Waals surface area contributed by atoms with Crippen LogP contribution in [-0.2, 0) is 16.5 Å². The molecule has 0 aliphatic carbocycles. The number of aryl methyl sites for hydroxylation is 1. The molecule has 0 radical (unpaired) electrons. The Morgan fingerprint density at radius 3 is 2.32 bits per heavy atom. The highest BCUT2D eigenvalue weighted by molar-refractivity contribution is 6.42. The third-order valence-corrected chi connectivity index (χ3v) is 7.73. The Balaban J connectivity index is 1.67. The highest BCUT2D eigenvalue weighted by atomic mass is 35.5. The van der Waals surface area contributed by atoms with Gasteiger partial charge in [0, 0.05) is 19.5 Å². The van der Waals surface area contributed by atoms with Gasteiger partial charge < -0.3 is 10.0 Å². The summed E-state index contributed by atoms with van der Waals surface area (Å²) in [7, 11) is 0. The highest BCUT2D eigenvalue weighted by Gasteiger charge is 2.43. The van der Waals surface area contributed by atoms with Crippen LogP contribution in [-0.4, -0.2) is 40.9 Å². The number of nitrogens with one attached hydrogen (secondary N) is 1. The molecule has 204 valence electrons. The topological polar surface area (TPSA) is 90.0 Å². The van der Waals surface area contributed by atoms with E-state index < -0.39 is 35.1 Å². The van der Waals surface area contributed by atoms with Crippen LogP contribution in [0.4, 0.5) is 18.9 Å². The van der Waals surface area contributed by atoms with Crippen LogP contribution in [0, 0.1) is 12.8 Å². The maximum Gasteiger partial charge on any atom is 0.416 e. The number of piperidine rings is 1. The zero-order chi connectivity index (χ0) is 28.2. The van der Waals surface area contributed by atoms with Crippen molar-refractivity contribution in [1.82, 2.24) is 10.3 Å². The molecule has 38 heavy (non-hydrogen) atoms. The van der Waals surface area contributed by atoms with Crippen LogP contribution in [0.5, 0.6) is 0 Å². The fourth-order valence-electron chi connectivity index (χ4n) is 5.05. The van der Waals surface area contributed by atoms with Crippen molar-refractivity contribution >= 4 is 46.7 Å². The number of alkyl halides is 3. The summed E-state index contributed by atoms with van der Waals surface area (Å²) >= 11 is 13.0. The Morgan fingerprint density at radius 1 is 1.11 bits per heavy atom. The molecule has 7 nitrogen and oxygen atoms in total. The number of likely N-dealkylation sites (tertiary alicyclic amines) is 1. The Bertz CT molecular complexity index is 1320. The molecule has 0 unspecified atom stereocenters. The van der Waals surface area contributed by atoms with Gasteiger partial charge in [0.1, 0.15) is 0 Å². The molecule has 2 aliphatic rings. The number of benzene rings is 2. The highest BCUT2D eigenvalue weighted by Crippen LogP contribution is 2.44. The average Bonchev–Trinajstić information content (AvgIpc) is 3.09. The molecule has 4 rings (SSSR count). The number of carboxylic acids is 1. The molecule has 2 aromatic rings. The van der Waals surface area contributed by atoms with Crippen LogP contribution in [0.2, 0.25) is 10.0 Å². The fraction of sp³-hybridized carbons (Fsp3) is 0.423. The van der Waals surface area contributed by atoms with Gasteiger partial charge in [-0.25, -0.2) is 10.4 Å². The number of carbonyl (C=O) groups is 3. The van der Waals surface area contributed by atoms with Gasteiger partial charge in [-0.05, 0) is 74.9 Å². The van der Waals surface area contributed by atoms with Crippen LogP contribution < -0.4 is 10.4 Å². The predicted octanol–water partition coefficient (Wildman–Crippen LogP) is 6.05. The van der Waals surface area contributed by atoms with Crippen molar-refractivity contribution in [2.45, 2.75) is 51.7 Å². The Labute approximate surface area is 227 Å². The fourth-order valence-corrected chi connectivity index (χ4v) is 5.66. The van der Waals surface area contributed by atoms with Crippen LogP contribution in [0.3, 0.4) is 0 Å². The molecule has 2 aliphatic heterocycles. The van der Waals surface area contributed by atoms with E-state index in [0.717, 1.165) is 17.1 Å². The van der Waals surface area contributed by atoms with Crippen molar-refractivity contribution in [2.75, 3.05) is 18.1 Å². The minimum Gasteiger partial charge on any atom is -0.481 e. The number of halogens is 5. The van der Waals surface area contributed by atoms with Gasteiger partial charge in [-0.1, -0.05) is 23.2 Å². The van der Waals surface area contributed by atoms with Crippen LogP contribution in [0.15, 0.2) is 24.3 Å². The number of anilines is 1. The number of hydrazine groups is 1. The third-order valence-electron chi connectivity index (χ3n) is 7.02. The summed E-state index contributed by atoms with van der Waals surface area (Å²) in [6, 6.07) is 4.79. The molecule has 0 bridgehead atoms. The van der Waals surface area contributed by atoms with E-state index in [1.165, 1.54) is 19.1 Å². The SMILES string of the molecule is Cc1cc(C(F)(F)F)cc2c1N(C(=O)c1c(Cl)ccc(C(=O)N3CCC(CC(=O)O)CC3)c1Cl)NC2(C)C. The van der Waals surface area contributed by atoms with Crippen molar-refractivity contribution in [1.29, 1.82) is 0 Å². The van der Waals surface area contributed by atoms with Gasteiger partial charge in [-0.2, -0.15) is 13.2 Å². The first kappa shape index (κ1) is 28.2. The van der Waals surface area contributed by atoms with Gasteiger partial charge in [0.15, 0.2) is 0 Å². The lowest BCUT2D eigenvalue weighted by atomic mass is 9.91. The summed E-state index contributed by atoms with van der Waals surface area (Å²) in [6.07, 6.45) is -3.47. The van der Waals surface area contributed by atoms with E-state index >= 15 is 0 Å². The molecule has 0 spiro atoms. The number of carboxylic acid groups (broad SMARTS) is 1. The van der Waals surface area contributed by atoms with E-state index in [1.54, 1.807) is 18.7 Å². The first-order valence-electron chi connectivity index (χ1n) is 12.0. The Hall–Kier alpha value is -2.82. The lowest BCUT2D eigenvalue weighted by Gasteiger charge is -2.32. The normalized spacial score (nSPS) is 17.5. The number of carbonyl (C=O) groups excluding carboxylic acids is 2. The minimum atomic E-state index is -4.56. The summed E-state index contributed by atoms with van der Waals surface area (Å²) in [6.45, 7) is 5.46. The van der Waals surface area contributed by atoms with Crippen molar-refractivity contribution in [3.8, 4) is 0 Å². The number of fused-ring (bicyclic) bond motifs is 1. The molecular weight excluding hydrogens is 546 g/mol. The molecule has 0 saturated carbocycles. The van der Waals surface area contributed by atoms with Crippen molar-refractivity contribution < 1.29 is 32.7 Å². The van der Waals surface area contributed by atoms with Gasteiger partial charge in [-0.3, -0.25) is 14.4 Å². The van der Waals surface area contributed by atoms with E-state index in [1.807, 2.05) is 0 Å². The molecule has 1 saturated heterocycles. The molecule has 2 amide bonds. The van der Waals surface area contributed by atoms with Gasteiger partial charge in [0.05, 0.1) is 38.0 Å². The van der Waals surface area contributed by atoms with Crippen molar-refractivity contribution in [3.63, 3.8) is 0 Å². The van der Waals surface area contributed by atoms with Gasteiger partial charge in [-0.15, -0.1) is 0 Å². The predicted molar refractivity (Wildman–Crippen MR) is 136 cm³/mol. The summed E-state index contributed by atoms with van der Waals surface area (Å²) in [5.74, 6) is -2.05. The minimum absolute atomic E-state index is 0.0191. The van der Waals surface area contributed by atoms with E-state index in [-0.39, 0.29) is 50.3 Å². The van der Waals surface area contributed by atoms with Crippen LogP contribution in [0.1, 0.15) is 70.5 Å². The molecule has 0 aromatic heterocycles. The number of hydrogen-bond donors (Lipinski definition) is 2. The third kappa shape index (κ3) is 5.21. The Morgan fingerprint density at radius 2 is 1.74 bits per heavy atom. The van der Waals surface area contributed by atoms with E-state index in [9.17, 15) is 27.6 Å². The monoisotopic (exact) mass is 571 g/mol. The smallest absolute Gasteiger partial charge is 0.416 e. The van der Waals surface area contributed by atoms with E-state index in [0.29, 0.717) is 25.9 Å². The zero-order valence-electron chi connectivity index (χ0n) is 20.9. The van der Waals surface area contributed by atoms with Gasteiger partial charge in [0.2, 0.25) is 0 Å². The van der Waals surface area contributed by atoms with Crippen LogP contribution in [0.25, 0.3) is 0 Å². The number of rotatable bonds is 4. The second kappa shape index (κ2) is 10.1. The summed E-state index contributed by atoms with van der Waals surface area (Å²) in [5.41, 5.74) is 1.77. The molecule has 12 heteroatoms. The van der Waals surface area contributed by atoms with Crippen molar-refractivity contribution in [3.05, 3.63) is 62.1 Å². The molecule has 2 aromatic carbocycles. The summed E-state index contributed by atoms with van der Waals surface area (Å²) < 4.78 is 40.4. The molecule has 1 fully saturated rings. The molecular formula is C26H26Cl2F3N3O4. The maximum atomic E-state index is 13.8. The first-order chi connectivity index (χ1) is 17.6. The summed E-state index contributed by atoms with van der Waals surface area (Å²) in [4.78, 5) is 39.6. The van der Waals surface area contributed by atoms with E-state index in [4.69, 9.17) is 28.3 Å².